The van der Waals surface area contributed by atoms with E-state index < -0.39 is 10.2 Å². The van der Waals surface area contributed by atoms with Crippen molar-refractivity contribution in [2.75, 3.05) is 19.6 Å². The van der Waals surface area contributed by atoms with Crippen molar-refractivity contribution in [2.45, 2.75) is 19.3 Å². The lowest BCUT2D eigenvalue weighted by molar-refractivity contribution is -0.132. The first-order valence-electron chi connectivity index (χ1n) is 6.50. The number of nitrogens with one attached hydrogen (secondary N) is 1. The number of nitrogens with zero attached hydrogens (tertiary/aromatic N) is 1. The van der Waals surface area contributed by atoms with Crippen LogP contribution < -0.4 is 9.86 Å². The molecule has 1 amide bonds. The molecule has 112 valence electrons. The van der Waals surface area contributed by atoms with Gasteiger partial charge in [-0.15, -0.1) is 0 Å². The van der Waals surface area contributed by atoms with Crippen LogP contribution in [0, 0.1) is 5.92 Å². The monoisotopic (exact) mass is 317 g/mol. The minimum atomic E-state index is -3.65. The fraction of sp³-hybridized carbons (Fsp3) is 0.583. The third-order valence-electron chi connectivity index (χ3n) is 3.38. The second-order valence-corrected chi connectivity index (χ2v) is 7.21. The Kier molecular flexibility index (Phi) is 5.14. The summed E-state index contributed by atoms with van der Waals surface area (Å²) in [5.41, 5.74) is 1.03. The zero-order valence-electron chi connectivity index (χ0n) is 11.1. The van der Waals surface area contributed by atoms with E-state index in [1.165, 1.54) is 0 Å². The number of nitrogens with two attached hydrogens (primary N) is 1. The van der Waals surface area contributed by atoms with Gasteiger partial charge in [-0.2, -0.15) is 19.8 Å². The molecule has 1 fully saturated rings. The zero-order chi connectivity index (χ0) is 14.6. The molecule has 0 unspecified atom stereocenters. The highest BCUT2D eigenvalue weighted by Crippen LogP contribution is 2.17. The summed E-state index contributed by atoms with van der Waals surface area (Å²) in [4.78, 5) is 14.0. The lowest BCUT2D eigenvalue weighted by Gasteiger charge is -2.32. The number of thiophene rings is 1. The first-order chi connectivity index (χ1) is 9.44. The predicted molar refractivity (Wildman–Crippen MR) is 78.4 cm³/mol. The van der Waals surface area contributed by atoms with Crippen LogP contribution in [0.25, 0.3) is 0 Å². The maximum Gasteiger partial charge on any atom is 0.274 e. The van der Waals surface area contributed by atoms with E-state index in [1.807, 2.05) is 21.7 Å². The molecule has 1 aliphatic heterocycles. The van der Waals surface area contributed by atoms with Crippen LogP contribution >= 0.6 is 11.3 Å². The van der Waals surface area contributed by atoms with Gasteiger partial charge in [-0.1, -0.05) is 0 Å². The van der Waals surface area contributed by atoms with Crippen molar-refractivity contribution in [3.63, 3.8) is 0 Å². The first-order valence-corrected chi connectivity index (χ1v) is 8.99. The van der Waals surface area contributed by atoms with Crippen LogP contribution in [0.1, 0.15) is 18.4 Å². The lowest BCUT2D eigenvalue weighted by Crippen LogP contribution is -2.45. The number of amides is 1. The van der Waals surface area contributed by atoms with Gasteiger partial charge in [0.2, 0.25) is 5.91 Å². The molecular weight excluding hydrogens is 298 g/mol. The Morgan fingerprint density at radius 3 is 3.00 bits per heavy atom. The van der Waals surface area contributed by atoms with E-state index in [4.69, 9.17) is 5.14 Å². The normalized spacial score (nSPS) is 20.1. The molecule has 2 rings (SSSR count). The van der Waals surface area contributed by atoms with Crippen molar-refractivity contribution < 1.29 is 13.2 Å². The highest BCUT2D eigenvalue weighted by molar-refractivity contribution is 7.87. The van der Waals surface area contributed by atoms with Gasteiger partial charge in [0, 0.05) is 19.6 Å². The molecule has 0 aliphatic carbocycles. The Bertz CT molecular complexity index is 542. The summed E-state index contributed by atoms with van der Waals surface area (Å²) in [6, 6.07) is 1.95. The number of carbonyl (C=O) groups excluding carboxylic acids is 1. The van der Waals surface area contributed by atoms with E-state index in [-0.39, 0.29) is 11.8 Å². The van der Waals surface area contributed by atoms with E-state index >= 15 is 0 Å². The second-order valence-electron chi connectivity index (χ2n) is 5.05. The van der Waals surface area contributed by atoms with E-state index in [2.05, 4.69) is 4.72 Å². The Balaban J connectivity index is 1.85. The Hall–Kier alpha value is -0.960. The predicted octanol–water partition coefficient (Wildman–Crippen LogP) is 0.322. The summed E-state index contributed by atoms with van der Waals surface area (Å²) in [5.74, 6) is 0.234. The largest absolute Gasteiger partial charge is 0.342 e. The van der Waals surface area contributed by atoms with Crippen LogP contribution in [0.3, 0.4) is 0 Å². The van der Waals surface area contributed by atoms with Crippen LogP contribution in [0.5, 0.6) is 0 Å². The third-order valence-corrected chi connectivity index (χ3v) is 4.68. The Labute approximate surface area is 123 Å². The fourth-order valence-electron chi connectivity index (χ4n) is 2.37. The van der Waals surface area contributed by atoms with Crippen molar-refractivity contribution in [1.29, 1.82) is 0 Å². The molecule has 8 heteroatoms. The van der Waals surface area contributed by atoms with Crippen LogP contribution in [0.4, 0.5) is 0 Å². The molecule has 3 N–H and O–H groups in total. The van der Waals surface area contributed by atoms with E-state index in [0.717, 1.165) is 24.9 Å². The second kappa shape index (κ2) is 6.66. The van der Waals surface area contributed by atoms with Crippen molar-refractivity contribution in [3.05, 3.63) is 22.4 Å². The summed E-state index contributed by atoms with van der Waals surface area (Å²) < 4.78 is 24.1. The minimum Gasteiger partial charge on any atom is -0.342 e. The quantitative estimate of drug-likeness (QED) is 0.819. The molecule has 20 heavy (non-hydrogen) atoms. The van der Waals surface area contributed by atoms with E-state index in [1.54, 1.807) is 11.3 Å². The average Bonchev–Trinajstić information content (AvgIpc) is 2.89. The van der Waals surface area contributed by atoms with Crippen LogP contribution in [0.15, 0.2) is 16.8 Å². The molecule has 1 aromatic rings. The molecule has 0 radical (unpaired) electrons. The van der Waals surface area contributed by atoms with Gasteiger partial charge in [-0.3, -0.25) is 4.79 Å². The van der Waals surface area contributed by atoms with Gasteiger partial charge >= 0.3 is 0 Å². The summed E-state index contributed by atoms with van der Waals surface area (Å²) in [6.07, 6.45) is 2.22. The smallest absolute Gasteiger partial charge is 0.274 e. The summed E-state index contributed by atoms with van der Waals surface area (Å²) in [7, 11) is -3.65. The molecule has 0 aromatic carbocycles. The molecule has 0 spiro atoms. The highest BCUT2D eigenvalue weighted by atomic mass is 32.2. The Morgan fingerprint density at radius 1 is 1.55 bits per heavy atom. The molecule has 0 saturated carbocycles. The molecule has 1 atom stereocenters. The topological polar surface area (TPSA) is 92.5 Å². The number of piperidine rings is 1. The van der Waals surface area contributed by atoms with Gasteiger partial charge < -0.3 is 4.90 Å². The lowest BCUT2D eigenvalue weighted by atomic mass is 9.98. The molecule has 0 bridgehead atoms. The molecule has 2 heterocycles. The van der Waals surface area contributed by atoms with Crippen molar-refractivity contribution in [3.8, 4) is 0 Å². The number of hydrogen-bond donors (Lipinski definition) is 2. The first kappa shape index (κ1) is 15.4. The summed E-state index contributed by atoms with van der Waals surface area (Å²) in [5, 5.41) is 8.85. The van der Waals surface area contributed by atoms with Crippen LogP contribution in [-0.4, -0.2) is 38.9 Å². The van der Waals surface area contributed by atoms with E-state index in [0.29, 0.717) is 19.5 Å². The zero-order valence-corrected chi connectivity index (χ0v) is 12.8. The minimum absolute atomic E-state index is 0.101. The molecule has 1 aliphatic rings. The fourth-order valence-corrected chi connectivity index (χ4v) is 3.51. The SMILES string of the molecule is NS(=O)(=O)NC[C@@H]1CCCN(C(=O)Cc2ccsc2)C1. The number of likely N-dealkylation sites (tertiary alicyclic amines) is 1. The molecule has 1 saturated heterocycles. The van der Waals surface area contributed by atoms with Crippen molar-refractivity contribution in [1.82, 2.24) is 9.62 Å². The number of hydrogen-bond acceptors (Lipinski definition) is 4. The summed E-state index contributed by atoms with van der Waals surface area (Å²) >= 11 is 1.58. The van der Waals surface area contributed by atoms with Gasteiger partial charge in [0.1, 0.15) is 0 Å². The van der Waals surface area contributed by atoms with Gasteiger partial charge in [0.05, 0.1) is 6.42 Å². The summed E-state index contributed by atoms with van der Waals surface area (Å²) in [6.45, 7) is 1.63. The maximum absolute atomic E-state index is 12.2. The number of rotatable bonds is 5. The van der Waals surface area contributed by atoms with E-state index in [9.17, 15) is 13.2 Å². The average molecular weight is 317 g/mol. The number of carbonyl (C=O) groups is 1. The Morgan fingerprint density at radius 2 is 2.35 bits per heavy atom. The third kappa shape index (κ3) is 4.86. The van der Waals surface area contributed by atoms with Crippen LogP contribution in [-0.2, 0) is 21.4 Å². The molecule has 6 nitrogen and oxygen atoms in total. The maximum atomic E-state index is 12.2. The highest BCUT2D eigenvalue weighted by Gasteiger charge is 2.24. The van der Waals surface area contributed by atoms with Gasteiger partial charge in [0.25, 0.3) is 10.2 Å². The van der Waals surface area contributed by atoms with Gasteiger partial charge in [0.15, 0.2) is 0 Å². The molecule has 1 aromatic heterocycles. The van der Waals surface area contributed by atoms with Gasteiger partial charge in [-0.05, 0) is 41.1 Å². The van der Waals surface area contributed by atoms with Crippen LogP contribution in [0.2, 0.25) is 0 Å². The van der Waals surface area contributed by atoms with Crippen molar-refractivity contribution >= 4 is 27.5 Å². The molecular formula is C12H19N3O3S2. The van der Waals surface area contributed by atoms with Crippen molar-refractivity contribution in [2.24, 2.45) is 11.1 Å². The standard InChI is InChI=1S/C12H19N3O3S2/c13-20(17,18)14-7-11-2-1-4-15(8-11)12(16)6-10-3-5-19-9-10/h3,5,9,11,14H,1-2,4,6-8H2,(H2,13,17,18)/t11-/m0/s1. The van der Waals surface area contributed by atoms with Gasteiger partial charge in [-0.25, -0.2) is 9.86 Å².